The minimum absolute atomic E-state index is 0.116. The van der Waals surface area contributed by atoms with Gasteiger partial charge in [0.25, 0.3) is 0 Å². The first kappa shape index (κ1) is 22.1. The lowest BCUT2D eigenvalue weighted by atomic mass is 9.78. The van der Waals surface area contributed by atoms with E-state index in [1.54, 1.807) is 18.9 Å². The summed E-state index contributed by atoms with van der Waals surface area (Å²) in [4.78, 5) is 13.2. The molecule has 1 saturated heterocycles. The lowest BCUT2D eigenvalue weighted by Crippen LogP contribution is -2.43. The summed E-state index contributed by atoms with van der Waals surface area (Å²) in [6.07, 6.45) is 7.19. The van der Waals surface area contributed by atoms with Gasteiger partial charge < -0.3 is 19.4 Å². The number of nitrogens with zero attached hydrogens (tertiary/aromatic N) is 3. The van der Waals surface area contributed by atoms with Crippen LogP contribution in [0.25, 0.3) is 0 Å². The second-order valence-electron chi connectivity index (χ2n) is 8.43. The summed E-state index contributed by atoms with van der Waals surface area (Å²) in [7, 11) is 3.65. The molecule has 1 N–H and O–H groups in total. The molecule has 1 amide bonds. The molecular formula is C23H32N4O3S. The second-order valence-corrected chi connectivity index (χ2v) is 9.41. The average Bonchev–Trinajstić information content (AvgIpc) is 3.55. The predicted octanol–water partition coefficient (Wildman–Crippen LogP) is 3.27. The molecule has 1 aliphatic carbocycles. The van der Waals surface area contributed by atoms with Gasteiger partial charge in [-0.15, -0.1) is 10.2 Å². The van der Waals surface area contributed by atoms with Gasteiger partial charge in [-0.1, -0.05) is 36.7 Å². The maximum Gasteiger partial charge on any atom is 0.230 e. The van der Waals surface area contributed by atoms with Crippen molar-refractivity contribution >= 4 is 17.7 Å². The summed E-state index contributed by atoms with van der Waals surface area (Å²) in [5, 5.41) is 12.7. The summed E-state index contributed by atoms with van der Waals surface area (Å²) in [5.74, 6) is 2.73. The van der Waals surface area contributed by atoms with Crippen LogP contribution in [0.1, 0.15) is 49.9 Å². The fourth-order valence-corrected chi connectivity index (χ4v) is 5.62. The van der Waals surface area contributed by atoms with Crippen LogP contribution in [-0.4, -0.2) is 52.8 Å². The summed E-state index contributed by atoms with van der Waals surface area (Å²) in [6, 6.07) is 7.95. The molecule has 2 aliphatic rings. The Labute approximate surface area is 188 Å². The largest absolute Gasteiger partial charge is 0.497 e. The number of aromatic nitrogens is 3. The third-order valence-electron chi connectivity index (χ3n) is 6.52. The molecule has 2 fully saturated rings. The molecule has 1 atom stereocenters. The molecule has 168 valence electrons. The van der Waals surface area contributed by atoms with Crippen LogP contribution >= 0.6 is 11.8 Å². The van der Waals surface area contributed by atoms with Crippen molar-refractivity contribution in [3.63, 3.8) is 0 Å². The number of carbonyl (C=O) groups excluding carboxylic acids is 1. The van der Waals surface area contributed by atoms with Gasteiger partial charge in [-0.25, -0.2) is 0 Å². The standard InChI is InChI=1S/C23H32N4O3S/c1-27-20(25-26-22(27)31-16-19-6-5-15-30-19)11-14-24-21(28)23(12-3-4-13-23)17-7-9-18(29-2)10-8-17/h7-10,19H,3-6,11-16H2,1-2H3,(H,24,28)/t19-/m0/s1. The molecule has 2 heterocycles. The Kier molecular flexibility index (Phi) is 7.17. The van der Waals surface area contributed by atoms with Crippen molar-refractivity contribution < 1.29 is 14.3 Å². The second kappa shape index (κ2) is 10.0. The van der Waals surface area contributed by atoms with E-state index >= 15 is 0 Å². The zero-order chi connectivity index (χ0) is 21.7. The summed E-state index contributed by atoms with van der Waals surface area (Å²) in [5.41, 5.74) is 0.642. The number of methoxy groups -OCH3 is 1. The van der Waals surface area contributed by atoms with Crippen LogP contribution in [-0.2, 0) is 28.4 Å². The highest BCUT2D eigenvalue weighted by atomic mass is 32.2. The zero-order valence-corrected chi connectivity index (χ0v) is 19.2. The molecule has 0 radical (unpaired) electrons. The van der Waals surface area contributed by atoms with Crippen LogP contribution in [0.5, 0.6) is 5.75 Å². The van der Waals surface area contributed by atoms with Crippen molar-refractivity contribution in [2.75, 3.05) is 26.0 Å². The van der Waals surface area contributed by atoms with E-state index in [-0.39, 0.29) is 5.91 Å². The molecule has 1 aliphatic heterocycles. The molecule has 31 heavy (non-hydrogen) atoms. The SMILES string of the molecule is COc1ccc(C2(C(=O)NCCc3nnc(SC[C@@H]4CCCO4)n3C)CCCC2)cc1. The highest BCUT2D eigenvalue weighted by Crippen LogP contribution is 2.41. The number of carbonyl (C=O) groups is 1. The lowest BCUT2D eigenvalue weighted by molar-refractivity contribution is -0.126. The number of hydrogen-bond acceptors (Lipinski definition) is 6. The van der Waals surface area contributed by atoms with Gasteiger partial charge in [0.2, 0.25) is 5.91 Å². The number of rotatable bonds is 9. The predicted molar refractivity (Wildman–Crippen MR) is 121 cm³/mol. The Morgan fingerprint density at radius 3 is 2.71 bits per heavy atom. The van der Waals surface area contributed by atoms with E-state index in [9.17, 15) is 4.79 Å². The lowest BCUT2D eigenvalue weighted by Gasteiger charge is -2.28. The number of amides is 1. The topological polar surface area (TPSA) is 78.3 Å². The number of nitrogens with one attached hydrogen (secondary N) is 1. The highest BCUT2D eigenvalue weighted by Gasteiger charge is 2.42. The molecule has 1 saturated carbocycles. The van der Waals surface area contributed by atoms with Crippen LogP contribution in [0, 0.1) is 0 Å². The molecule has 7 nitrogen and oxygen atoms in total. The van der Waals surface area contributed by atoms with Crippen molar-refractivity contribution in [2.24, 2.45) is 7.05 Å². The molecule has 0 unspecified atom stereocenters. The molecular weight excluding hydrogens is 412 g/mol. The first-order valence-corrected chi connectivity index (χ1v) is 12.2. The molecule has 0 spiro atoms. The Morgan fingerprint density at radius 1 is 1.26 bits per heavy atom. The number of thioether (sulfide) groups is 1. The van der Waals surface area contributed by atoms with E-state index in [1.807, 2.05) is 35.9 Å². The summed E-state index contributed by atoms with van der Waals surface area (Å²) >= 11 is 1.69. The van der Waals surface area contributed by atoms with Gasteiger partial charge in [0, 0.05) is 32.4 Å². The van der Waals surface area contributed by atoms with E-state index in [0.29, 0.717) is 19.1 Å². The van der Waals surface area contributed by atoms with Crippen LogP contribution in [0.3, 0.4) is 0 Å². The van der Waals surface area contributed by atoms with E-state index in [2.05, 4.69) is 15.5 Å². The van der Waals surface area contributed by atoms with Gasteiger partial charge in [-0.3, -0.25) is 4.79 Å². The van der Waals surface area contributed by atoms with E-state index in [4.69, 9.17) is 9.47 Å². The third kappa shape index (κ3) is 4.90. The molecule has 1 aromatic heterocycles. The number of benzene rings is 1. The van der Waals surface area contributed by atoms with Gasteiger partial charge in [0.15, 0.2) is 5.16 Å². The summed E-state index contributed by atoms with van der Waals surface area (Å²) < 4.78 is 13.0. The van der Waals surface area contributed by atoms with Crippen molar-refractivity contribution in [1.29, 1.82) is 0 Å². The van der Waals surface area contributed by atoms with Gasteiger partial charge in [-0.2, -0.15) is 0 Å². The molecule has 0 bridgehead atoms. The quantitative estimate of drug-likeness (QED) is 0.598. The Morgan fingerprint density at radius 2 is 2.03 bits per heavy atom. The van der Waals surface area contributed by atoms with E-state index in [1.165, 1.54) is 0 Å². The van der Waals surface area contributed by atoms with Crippen molar-refractivity contribution in [3.05, 3.63) is 35.7 Å². The third-order valence-corrected chi connectivity index (χ3v) is 7.67. The maximum absolute atomic E-state index is 13.2. The van der Waals surface area contributed by atoms with Crippen molar-refractivity contribution in [3.8, 4) is 5.75 Å². The van der Waals surface area contributed by atoms with E-state index < -0.39 is 5.41 Å². The van der Waals surface area contributed by atoms with Gasteiger partial charge in [0.05, 0.1) is 18.6 Å². The Hall–Kier alpha value is -2.06. The maximum atomic E-state index is 13.2. The molecule has 2 aromatic rings. The molecule has 1 aromatic carbocycles. The first-order chi connectivity index (χ1) is 15.1. The monoisotopic (exact) mass is 444 g/mol. The van der Waals surface area contributed by atoms with E-state index in [0.717, 1.165) is 73.2 Å². The van der Waals surface area contributed by atoms with Crippen LogP contribution in [0.4, 0.5) is 0 Å². The van der Waals surface area contributed by atoms with Gasteiger partial charge in [-0.05, 0) is 43.4 Å². The Bertz CT molecular complexity index is 871. The minimum Gasteiger partial charge on any atom is -0.497 e. The fourth-order valence-electron chi connectivity index (χ4n) is 4.62. The van der Waals surface area contributed by atoms with Crippen molar-refractivity contribution in [1.82, 2.24) is 20.1 Å². The molecule has 8 heteroatoms. The van der Waals surface area contributed by atoms with Crippen LogP contribution < -0.4 is 10.1 Å². The summed E-state index contributed by atoms with van der Waals surface area (Å²) in [6.45, 7) is 1.42. The fraction of sp³-hybridized carbons (Fsp3) is 0.609. The average molecular weight is 445 g/mol. The van der Waals surface area contributed by atoms with Crippen LogP contribution in [0.15, 0.2) is 29.4 Å². The number of ether oxygens (including phenoxy) is 2. The zero-order valence-electron chi connectivity index (χ0n) is 18.4. The highest BCUT2D eigenvalue weighted by molar-refractivity contribution is 7.99. The van der Waals surface area contributed by atoms with Crippen molar-refractivity contribution in [2.45, 2.75) is 61.6 Å². The van der Waals surface area contributed by atoms with Gasteiger partial charge >= 0.3 is 0 Å². The smallest absolute Gasteiger partial charge is 0.230 e. The molecule has 4 rings (SSSR count). The van der Waals surface area contributed by atoms with Gasteiger partial charge in [0.1, 0.15) is 11.6 Å². The number of hydrogen-bond donors (Lipinski definition) is 1. The first-order valence-electron chi connectivity index (χ1n) is 11.2. The Balaban J connectivity index is 1.33. The van der Waals surface area contributed by atoms with Crippen LogP contribution in [0.2, 0.25) is 0 Å². The normalized spacial score (nSPS) is 20.1. The minimum atomic E-state index is -0.436.